The molecule has 2 N–H and O–H groups in total. The molecule has 10 nitrogen and oxygen atoms in total. The van der Waals surface area contributed by atoms with Gasteiger partial charge in [0.25, 0.3) is 5.91 Å². The number of carbonyl (C=O) groups excluding carboxylic acids is 2. The van der Waals surface area contributed by atoms with E-state index >= 15 is 0 Å². The zero-order valence-electron chi connectivity index (χ0n) is 16.0. The zero-order chi connectivity index (χ0) is 21.0. The number of aromatic nitrogens is 4. The number of methoxy groups -OCH3 is 2. The minimum absolute atomic E-state index is 0.0125. The van der Waals surface area contributed by atoms with Gasteiger partial charge in [0.05, 0.1) is 32.0 Å². The van der Waals surface area contributed by atoms with Gasteiger partial charge in [0, 0.05) is 6.07 Å². The molecule has 2 aromatic carbocycles. The normalized spacial score (nSPS) is 10.4. The highest BCUT2D eigenvalue weighted by Crippen LogP contribution is 2.33. The highest BCUT2D eigenvalue weighted by Gasteiger charge is 2.20. The van der Waals surface area contributed by atoms with Crippen LogP contribution in [-0.4, -0.2) is 51.2 Å². The summed E-state index contributed by atoms with van der Waals surface area (Å²) in [4.78, 5) is 24.4. The highest BCUT2D eigenvalue weighted by molar-refractivity contribution is 6.05. The van der Waals surface area contributed by atoms with Crippen molar-refractivity contribution in [2.45, 2.75) is 13.5 Å². The Morgan fingerprint density at radius 2 is 1.79 bits per heavy atom. The van der Waals surface area contributed by atoms with Gasteiger partial charge in [-0.1, -0.05) is 12.1 Å². The van der Waals surface area contributed by atoms with Crippen molar-refractivity contribution in [1.29, 1.82) is 0 Å². The van der Waals surface area contributed by atoms with Crippen LogP contribution in [0.3, 0.4) is 0 Å². The van der Waals surface area contributed by atoms with Crippen LogP contribution >= 0.6 is 0 Å². The summed E-state index contributed by atoms with van der Waals surface area (Å²) < 4.78 is 11.6. The maximum Gasteiger partial charge on any atom is 0.295 e. The molecule has 10 heteroatoms. The molecule has 0 aliphatic carbocycles. The molecule has 0 saturated carbocycles. The van der Waals surface area contributed by atoms with Crippen molar-refractivity contribution in [3.63, 3.8) is 0 Å². The van der Waals surface area contributed by atoms with Crippen LogP contribution in [0.1, 0.15) is 33.5 Å². The van der Waals surface area contributed by atoms with Crippen LogP contribution in [0.5, 0.6) is 17.2 Å². The summed E-state index contributed by atoms with van der Waals surface area (Å²) in [5, 5.41) is 24.0. The quantitative estimate of drug-likeness (QED) is 0.457. The van der Waals surface area contributed by atoms with Gasteiger partial charge in [-0.25, -0.2) is 4.68 Å². The van der Waals surface area contributed by atoms with Crippen molar-refractivity contribution in [2.24, 2.45) is 0 Å². The molecule has 0 saturated heterocycles. The van der Waals surface area contributed by atoms with Gasteiger partial charge < -0.3 is 19.9 Å². The van der Waals surface area contributed by atoms with Crippen LogP contribution in [0, 0.1) is 0 Å². The Kier molecular flexibility index (Phi) is 5.72. The summed E-state index contributed by atoms with van der Waals surface area (Å²) in [5.74, 6) is -0.435. The number of rotatable bonds is 7. The number of ether oxygens (including phenoxy) is 2. The molecule has 0 aliphatic rings. The number of carbonyl (C=O) groups is 2. The van der Waals surface area contributed by atoms with Crippen LogP contribution in [-0.2, 0) is 6.54 Å². The van der Waals surface area contributed by atoms with Crippen LogP contribution in [0.2, 0.25) is 0 Å². The van der Waals surface area contributed by atoms with Crippen LogP contribution in [0.25, 0.3) is 0 Å². The Morgan fingerprint density at radius 1 is 1.10 bits per heavy atom. The van der Waals surface area contributed by atoms with E-state index in [0.29, 0.717) is 11.5 Å². The van der Waals surface area contributed by atoms with Crippen molar-refractivity contribution < 1.29 is 24.2 Å². The van der Waals surface area contributed by atoms with Crippen LogP contribution in [0.4, 0.5) is 5.69 Å². The van der Waals surface area contributed by atoms with E-state index in [9.17, 15) is 14.7 Å². The van der Waals surface area contributed by atoms with Gasteiger partial charge in [-0.2, -0.15) is 0 Å². The van der Waals surface area contributed by atoms with E-state index in [1.807, 2.05) is 12.1 Å². The topological polar surface area (TPSA) is 128 Å². The predicted octanol–water partition coefficient (Wildman–Crippen LogP) is 1.90. The molecule has 1 aromatic heterocycles. The molecular weight excluding hydrogens is 378 g/mol. The molecule has 0 aliphatic heterocycles. The first-order valence-corrected chi connectivity index (χ1v) is 8.55. The maximum atomic E-state index is 12.7. The third-order valence-electron chi connectivity index (χ3n) is 4.17. The number of Topliss-reactive ketones (excluding diaryl/α,β-unsaturated/α-hetero) is 1. The standard InChI is InChI=1S/C19H19N5O5/c1-11(25)15-8-14(29-3)9-16(17(15)26)20-19(27)18-21-22-23-24(18)10-12-4-6-13(28-2)7-5-12/h4-9,26H,10H2,1-3H3,(H,20,27). The Hall–Kier alpha value is -3.95. The molecule has 0 bridgehead atoms. The van der Waals surface area contributed by atoms with Crippen molar-refractivity contribution in [3.05, 3.63) is 53.3 Å². The summed E-state index contributed by atoms with van der Waals surface area (Å²) in [6, 6.07) is 10.0. The van der Waals surface area contributed by atoms with Gasteiger partial charge >= 0.3 is 0 Å². The molecule has 0 spiro atoms. The number of tetrazole rings is 1. The lowest BCUT2D eigenvalue weighted by atomic mass is 10.1. The van der Waals surface area contributed by atoms with Crippen LogP contribution < -0.4 is 14.8 Å². The first-order valence-electron chi connectivity index (χ1n) is 8.55. The predicted molar refractivity (Wildman–Crippen MR) is 103 cm³/mol. The van der Waals surface area contributed by atoms with E-state index in [1.165, 1.54) is 30.8 Å². The number of hydrogen-bond donors (Lipinski definition) is 2. The third kappa shape index (κ3) is 4.32. The fourth-order valence-electron chi connectivity index (χ4n) is 2.65. The van der Waals surface area contributed by atoms with E-state index in [-0.39, 0.29) is 35.2 Å². The van der Waals surface area contributed by atoms with E-state index in [4.69, 9.17) is 9.47 Å². The van der Waals surface area contributed by atoms with Gasteiger partial charge in [-0.05, 0) is 41.1 Å². The number of ketones is 1. The van der Waals surface area contributed by atoms with Gasteiger partial charge in [0.1, 0.15) is 17.2 Å². The summed E-state index contributed by atoms with van der Waals surface area (Å²) in [6.45, 7) is 1.55. The average Bonchev–Trinajstić information content (AvgIpc) is 3.18. The summed E-state index contributed by atoms with van der Waals surface area (Å²) in [7, 11) is 2.99. The molecule has 0 unspecified atom stereocenters. The Bertz CT molecular complexity index is 1050. The molecule has 1 amide bonds. The molecule has 0 radical (unpaired) electrons. The average molecular weight is 397 g/mol. The number of nitrogens with one attached hydrogen (secondary N) is 1. The second kappa shape index (κ2) is 8.38. The molecule has 29 heavy (non-hydrogen) atoms. The Balaban J connectivity index is 1.84. The molecule has 150 valence electrons. The maximum absolute atomic E-state index is 12.7. The van der Waals surface area contributed by atoms with Gasteiger partial charge in [0.15, 0.2) is 5.78 Å². The van der Waals surface area contributed by atoms with Crippen molar-refractivity contribution in [2.75, 3.05) is 19.5 Å². The first kappa shape index (κ1) is 19.8. The van der Waals surface area contributed by atoms with Gasteiger partial charge in [-0.15, -0.1) is 5.10 Å². The smallest absolute Gasteiger partial charge is 0.295 e. The lowest BCUT2D eigenvalue weighted by Crippen LogP contribution is -2.20. The second-order valence-electron chi connectivity index (χ2n) is 6.09. The van der Waals surface area contributed by atoms with E-state index in [1.54, 1.807) is 19.2 Å². The SMILES string of the molecule is COc1ccc(Cn2nnnc2C(=O)Nc2cc(OC)cc(C(C)=O)c2O)cc1. The summed E-state index contributed by atoms with van der Waals surface area (Å²) >= 11 is 0. The summed E-state index contributed by atoms with van der Waals surface area (Å²) in [5.41, 5.74) is 0.895. The number of amides is 1. The Labute approximate surface area is 166 Å². The molecule has 0 atom stereocenters. The largest absolute Gasteiger partial charge is 0.505 e. The number of phenolic OH excluding ortho intramolecular Hbond substituents is 1. The first-order chi connectivity index (χ1) is 13.9. The second-order valence-corrected chi connectivity index (χ2v) is 6.09. The number of aromatic hydroxyl groups is 1. The van der Waals surface area contributed by atoms with E-state index < -0.39 is 5.91 Å². The molecule has 3 rings (SSSR count). The van der Waals surface area contributed by atoms with Gasteiger partial charge in [-0.3, -0.25) is 9.59 Å². The van der Waals surface area contributed by atoms with Crippen LogP contribution in [0.15, 0.2) is 36.4 Å². The number of hydrogen-bond acceptors (Lipinski definition) is 8. The molecule has 0 fully saturated rings. The molecular formula is C19H19N5O5. The lowest BCUT2D eigenvalue weighted by molar-refractivity contribution is 0.0997. The van der Waals surface area contributed by atoms with E-state index in [2.05, 4.69) is 20.8 Å². The number of phenols is 1. The summed E-state index contributed by atoms with van der Waals surface area (Å²) in [6.07, 6.45) is 0. The molecule has 1 heterocycles. The lowest BCUT2D eigenvalue weighted by Gasteiger charge is -2.12. The number of anilines is 1. The van der Waals surface area contributed by atoms with E-state index in [0.717, 1.165) is 5.56 Å². The number of benzene rings is 2. The fraction of sp³-hybridized carbons (Fsp3) is 0.211. The number of nitrogens with zero attached hydrogens (tertiary/aromatic N) is 4. The zero-order valence-corrected chi connectivity index (χ0v) is 16.0. The minimum Gasteiger partial charge on any atom is -0.505 e. The Morgan fingerprint density at radius 3 is 2.41 bits per heavy atom. The fourth-order valence-corrected chi connectivity index (χ4v) is 2.65. The third-order valence-corrected chi connectivity index (χ3v) is 4.17. The molecule has 3 aromatic rings. The van der Waals surface area contributed by atoms with Crippen molar-refractivity contribution >= 4 is 17.4 Å². The van der Waals surface area contributed by atoms with Crippen molar-refractivity contribution in [1.82, 2.24) is 20.2 Å². The van der Waals surface area contributed by atoms with Crippen molar-refractivity contribution in [3.8, 4) is 17.2 Å². The highest BCUT2D eigenvalue weighted by atomic mass is 16.5. The minimum atomic E-state index is -0.651. The van der Waals surface area contributed by atoms with Gasteiger partial charge in [0.2, 0.25) is 5.82 Å². The monoisotopic (exact) mass is 397 g/mol.